The lowest BCUT2D eigenvalue weighted by Crippen LogP contribution is -2.14. The molecule has 6 heteroatoms. The summed E-state index contributed by atoms with van der Waals surface area (Å²) in [5.74, 6) is 1.64. The summed E-state index contributed by atoms with van der Waals surface area (Å²) in [5.41, 5.74) is 6.87. The van der Waals surface area contributed by atoms with Gasteiger partial charge in [-0.15, -0.1) is 0 Å². The lowest BCUT2D eigenvalue weighted by Gasteiger charge is -2.07. The van der Waals surface area contributed by atoms with Crippen molar-refractivity contribution in [1.29, 1.82) is 0 Å². The van der Waals surface area contributed by atoms with E-state index in [0.717, 1.165) is 18.4 Å². The molecule has 2 N–H and O–H groups in total. The van der Waals surface area contributed by atoms with Crippen molar-refractivity contribution in [2.24, 2.45) is 5.73 Å². The Hall–Kier alpha value is -1.95. The quantitative estimate of drug-likeness (QED) is 0.862. The summed E-state index contributed by atoms with van der Waals surface area (Å²) in [6.45, 7) is 2.05. The van der Waals surface area contributed by atoms with Gasteiger partial charge in [-0.3, -0.25) is 0 Å². The molecule has 0 spiro atoms. The lowest BCUT2D eigenvalue weighted by atomic mass is 10.1. The maximum atomic E-state index is 6.05. The van der Waals surface area contributed by atoms with E-state index in [-0.39, 0.29) is 0 Å². The molecule has 6 nitrogen and oxygen atoms in total. The highest BCUT2D eigenvalue weighted by Crippen LogP contribution is 2.18. The highest BCUT2D eigenvalue weighted by molar-refractivity contribution is 5.24. The Labute approximate surface area is 105 Å². The van der Waals surface area contributed by atoms with Gasteiger partial charge < -0.3 is 15.0 Å². The topological polar surface area (TPSA) is 87.1 Å². The number of nitrogens with two attached hydrogens (primary N) is 1. The van der Waals surface area contributed by atoms with Crippen molar-refractivity contribution in [1.82, 2.24) is 15.1 Å². The van der Waals surface area contributed by atoms with E-state index in [0.29, 0.717) is 17.6 Å². The van der Waals surface area contributed by atoms with Crippen LogP contribution < -0.4 is 10.5 Å². The van der Waals surface area contributed by atoms with Crippen molar-refractivity contribution in [3.8, 4) is 5.88 Å². The number of nitrogens with zero attached hydrogens (tertiary/aromatic N) is 3. The molecule has 0 aliphatic rings. The first-order valence-corrected chi connectivity index (χ1v) is 5.82. The maximum absolute atomic E-state index is 6.05. The highest BCUT2D eigenvalue weighted by Gasteiger charge is 2.16. The average Bonchev–Trinajstić information content (AvgIpc) is 2.87. The van der Waals surface area contributed by atoms with Crippen LogP contribution in [0, 0.1) is 0 Å². The van der Waals surface area contributed by atoms with Crippen LogP contribution in [0.3, 0.4) is 0 Å². The highest BCUT2D eigenvalue weighted by atomic mass is 16.5. The first-order valence-electron chi connectivity index (χ1n) is 5.82. The fraction of sp³-hybridized carbons (Fsp3) is 0.417. The third kappa shape index (κ3) is 2.65. The minimum Gasteiger partial charge on any atom is -0.481 e. The van der Waals surface area contributed by atoms with Crippen LogP contribution in [0.4, 0.5) is 0 Å². The summed E-state index contributed by atoms with van der Waals surface area (Å²) in [4.78, 5) is 8.36. The third-order valence-electron chi connectivity index (χ3n) is 2.55. The Morgan fingerprint density at radius 3 is 2.89 bits per heavy atom. The van der Waals surface area contributed by atoms with E-state index < -0.39 is 6.04 Å². The predicted molar refractivity (Wildman–Crippen MR) is 65.1 cm³/mol. The number of methoxy groups -OCH3 is 1. The van der Waals surface area contributed by atoms with Crippen molar-refractivity contribution in [3.05, 3.63) is 35.6 Å². The lowest BCUT2D eigenvalue weighted by molar-refractivity contribution is 0.370. The van der Waals surface area contributed by atoms with Gasteiger partial charge in [0.25, 0.3) is 0 Å². The van der Waals surface area contributed by atoms with Crippen molar-refractivity contribution >= 4 is 0 Å². The molecule has 0 fully saturated rings. The van der Waals surface area contributed by atoms with E-state index in [1.54, 1.807) is 19.4 Å². The van der Waals surface area contributed by atoms with Gasteiger partial charge in [0.15, 0.2) is 5.82 Å². The van der Waals surface area contributed by atoms with Crippen LogP contribution in [0.1, 0.15) is 36.7 Å². The molecule has 0 amide bonds. The maximum Gasteiger partial charge on any atom is 0.226 e. The molecule has 0 aliphatic carbocycles. The molecule has 2 aromatic rings. The first kappa shape index (κ1) is 12.5. The number of rotatable bonds is 5. The second-order valence-electron chi connectivity index (χ2n) is 3.91. The van der Waals surface area contributed by atoms with Crippen molar-refractivity contribution in [2.45, 2.75) is 25.8 Å². The van der Waals surface area contributed by atoms with E-state index in [2.05, 4.69) is 22.0 Å². The molecule has 0 aromatic carbocycles. The van der Waals surface area contributed by atoms with Gasteiger partial charge in [0.2, 0.25) is 11.8 Å². The number of hydrogen-bond donors (Lipinski definition) is 1. The zero-order chi connectivity index (χ0) is 13.0. The van der Waals surface area contributed by atoms with Gasteiger partial charge in [0, 0.05) is 18.7 Å². The Kier molecular flexibility index (Phi) is 3.88. The fourth-order valence-corrected chi connectivity index (χ4v) is 1.56. The summed E-state index contributed by atoms with van der Waals surface area (Å²) in [7, 11) is 1.57. The molecule has 0 saturated carbocycles. The molecule has 0 radical (unpaired) electrons. The van der Waals surface area contributed by atoms with Crippen LogP contribution in [-0.4, -0.2) is 22.2 Å². The molecular weight excluding hydrogens is 232 g/mol. The summed E-state index contributed by atoms with van der Waals surface area (Å²) >= 11 is 0. The molecule has 0 aliphatic heterocycles. The number of aromatic nitrogens is 3. The van der Waals surface area contributed by atoms with Gasteiger partial charge in [0.05, 0.1) is 13.2 Å². The number of aryl methyl sites for hydroxylation is 1. The van der Waals surface area contributed by atoms with E-state index in [9.17, 15) is 0 Å². The van der Waals surface area contributed by atoms with Crippen LogP contribution in [0.2, 0.25) is 0 Å². The molecule has 18 heavy (non-hydrogen) atoms. The molecule has 0 bridgehead atoms. The molecule has 1 atom stereocenters. The van der Waals surface area contributed by atoms with E-state index in [1.807, 2.05) is 6.07 Å². The first-order chi connectivity index (χ1) is 8.74. The van der Waals surface area contributed by atoms with Crippen molar-refractivity contribution in [2.75, 3.05) is 7.11 Å². The molecule has 2 heterocycles. The van der Waals surface area contributed by atoms with Gasteiger partial charge in [-0.05, 0) is 12.0 Å². The Balaban J connectivity index is 2.15. The second-order valence-corrected chi connectivity index (χ2v) is 3.91. The molecule has 96 valence electrons. The summed E-state index contributed by atoms with van der Waals surface area (Å²) in [5, 5.41) is 3.88. The molecule has 2 rings (SSSR count). The Morgan fingerprint density at radius 1 is 1.44 bits per heavy atom. The van der Waals surface area contributed by atoms with Gasteiger partial charge in [-0.2, -0.15) is 4.98 Å². The Bertz CT molecular complexity index is 495. The van der Waals surface area contributed by atoms with E-state index >= 15 is 0 Å². The van der Waals surface area contributed by atoms with Gasteiger partial charge in [0.1, 0.15) is 0 Å². The average molecular weight is 248 g/mol. The van der Waals surface area contributed by atoms with Crippen LogP contribution in [0.25, 0.3) is 0 Å². The summed E-state index contributed by atoms with van der Waals surface area (Å²) < 4.78 is 10.1. The SMILES string of the molecule is CCCc1nc(C(N)c2ccc(OC)nc2)no1. The number of pyridine rings is 1. The van der Waals surface area contributed by atoms with E-state index in [1.165, 1.54) is 0 Å². The standard InChI is InChI=1S/C12H16N4O2/c1-3-4-10-15-12(16-18-10)11(13)8-5-6-9(17-2)14-7-8/h5-7,11H,3-4,13H2,1-2H3. The van der Waals surface area contributed by atoms with Gasteiger partial charge in [-0.1, -0.05) is 18.1 Å². The molecule has 2 aromatic heterocycles. The molecule has 1 unspecified atom stereocenters. The fourth-order valence-electron chi connectivity index (χ4n) is 1.56. The van der Waals surface area contributed by atoms with Crippen LogP contribution in [0.5, 0.6) is 5.88 Å². The zero-order valence-corrected chi connectivity index (χ0v) is 10.5. The predicted octanol–water partition coefficient (Wildman–Crippen LogP) is 1.47. The molecular formula is C12H16N4O2. The number of ether oxygens (including phenoxy) is 1. The third-order valence-corrected chi connectivity index (χ3v) is 2.55. The van der Waals surface area contributed by atoms with Crippen molar-refractivity contribution < 1.29 is 9.26 Å². The van der Waals surface area contributed by atoms with Gasteiger partial charge in [-0.25, -0.2) is 4.98 Å². The van der Waals surface area contributed by atoms with E-state index in [4.69, 9.17) is 15.0 Å². The monoisotopic (exact) mass is 248 g/mol. The zero-order valence-electron chi connectivity index (χ0n) is 10.5. The van der Waals surface area contributed by atoms with Crippen molar-refractivity contribution in [3.63, 3.8) is 0 Å². The number of hydrogen-bond acceptors (Lipinski definition) is 6. The normalized spacial score (nSPS) is 12.4. The van der Waals surface area contributed by atoms with Crippen LogP contribution in [-0.2, 0) is 6.42 Å². The smallest absolute Gasteiger partial charge is 0.226 e. The largest absolute Gasteiger partial charge is 0.481 e. The second kappa shape index (κ2) is 5.59. The molecule has 0 saturated heterocycles. The summed E-state index contributed by atoms with van der Waals surface area (Å²) in [6, 6.07) is 3.16. The van der Waals surface area contributed by atoms with Crippen LogP contribution >= 0.6 is 0 Å². The van der Waals surface area contributed by atoms with Gasteiger partial charge >= 0.3 is 0 Å². The summed E-state index contributed by atoms with van der Waals surface area (Å²) in [6.07, 6.45) is 3.38. The minimum absolute atomic E-state index is 0.433. The minimum atomic E-state index is -0.433. The Morgan fingerprint density at radius 2 is 2.28 bits per heavy atom. The van der Waals surface area contributed by atoms with Crippen LogP contribution in [0.15, 0.2) is 22.9 Å².